The number of benzene rings is 1. The predicted octanol–water partition coefficient (Wildman–Crippen LogP) is 1.12. The van der Waals surface area contributed by atoms with Crippen molar-refractivity contribution in [1.82, 2.24) is 10.2 Å². The Hall–Kier alpha value is -1.93. The van der Waals surface area contributed by atoms with Crippen molar-refractivity contribution in [3.63, 3.8) is 0 Å². The molecule has 0 radical (unpaired) electrons. The fourth-order valence-electron chi connectivity index (χ4n) is 1.59. The monoisotopic (exact) mass is 284 g/mol. The van der Waals surface area contributed by atoms with Gasteiger partial charge in [-0.1, -0.05) is 0 Å². The summed E-state index contributed by atoms with van der Waals surface area (Å²) in [5.41, 5.74) is 6.43. The van der Waals surface area contributed by atoms with Gasteiger partial charge in [0.1, 0.15) is 5.82 Å². The molecule has 0 saturated heterocycles. The number of hydrogen-bond acceptors (Lipinski definition) is 4. The molecule has 0 unspecified atom stereocenters. The molecule has 1 aromatic carbocycles. The summed E-state index contributed by atoms with van der Waals surface area (Å²) in [7, 11) is -3.81. The fraction of sp³-hybridized carbons (Fsp3) is 0.182. The van der Waals surface area contributed by atoms with E-state index in [9.17, 15) is 12.8 Å². The Kier molecular flexibility index (Phi) is 3.54. The zero-order chi connectivity index (χ0) is 14.0. The van der Waals surface area contributed by atoms with Gasteiger partial charge in [0.2, 0.25) is 0 Å². The minimum Gasteiger partial charge on any atom is -0.326 e. The Morgan fingerprint density at radius 2 is 2.21 bits per heavy atom. The summed E-state index contributed by atoms with van der Waals surface area (Å²) in [6.07, 6.45) is 1.35. The Balaban J connectivity index is 2.34. The number of nitrogens with two attached hydrogens (primary N) is 1. The first-order valence-electron chi connectivity index (χ1n) is 5.45. The number of nitrogens with one attached hydrogen (secondary N) is 2. The van der Waals surface area contributed by atoms with Crippen LogP contribution in [0.5, 0.6) is 0 Å². The van der Waals surface area contributed by atoms with Crippen LogP contribution in [-0.4, -0.2) is 18.6 Å². The topological polar surface area (TPSA) is 101 Å². The Morgan fingerprint density at radius 1 is 1.47 bits per heavy atom. The molecule has 0 bridgehead atoms. The number of aromatic nitrogens is 2. The first-order chi connectivity index (χ1) is 8.94. The van der Waals surface area contributed by atoms with E-state index in [1.54, 1.807) is 6.92 Å². The number of rotatable bonds is 4. The van der Waals surface area contributed by atoms with Gasteiger partial charge in [0.05, 0.1) is 6.20 Å². The van der Waals surface area contributed by atoms with Crippen LogP contribution in [0, 0.1) is 12.7 Å². The maximum atomic E-state index is 13.1. The number of hydrogen-bond donors (Lipinski definition) is 3. The second kappa shape index (κ2) is 4.98. The van der Waals surface area contributed by atoms with E-state index >= 15 is 0 Å². The van der Waals surface area contributed by atoms with Crippen LogP contribution in [0.2, 0.25) is 0 Å². The zero-order valence-electron chi connectivity index (χ0n) is 10.1. The van der Waals surface area contributed by atoms with Crippen LogP contribution >= 0.6 is 0 Å². The molecule has 19 heavy (non-hydrogen) atoms. The maximum absolute atomic E-state index is 13.1. The minimum atomic E-state index is -3.81. The largest absolute Gasteiger partial charge is 0.326 e. The van der Waals surface area contributed by atoms with E-state index in [2.05, 4.69) is 14.9 Å². The molecule has 0 fully saturated rings. The molecule has 0 atom stereocenters. The maximum Gasteiger partial charge on any atom is 0.279 e. The van der Waals surface area contributed by atoms with Crippen molar-refractivity contribution < 1.29 is 12.8 Å². The van der Waals surface area contributed by atoms with Crippen LogP contribution in [0.1, 0.15) is 11.1 Å². The molecule has 0 spiro atoms. The Labute approximate surface area is 109 Å². The van der Waals surface area contributed by atoms with Crippen molar-refractivity contribution >= 4 is 15.7 Å². The van der Waals surface area contributed by atoms with Gasteiger partial charge in [0.25, 0.3) is 10.0 Å². The number of nitrogens with zero attached hydrogens (tertiary/aromatic N) is 1. The van der Waals surface area contributed by atoms with Gasteiger partial charge in [-0.05, 0) is 30.7 Å². The summed E-state index contributed by atoms with van der Waals surface area (Å²) in [5.74, 6) is -0.396. The third-order valence-electron chi connectivity index (χ3n) is 2.58. The molecule has 1 aromatic heterocycles. The van der Waals surface area contributed by atoms with Gasteiger partial charge >= 0.3 is 0 Å². The Morgan fingerprint density at radius 3 is 2.84 bits per heavy atom. The molecule has 2 aromatic rings. The number of halogens is 1. The summed E-state index contributed by atoms with van der Waals surface area (Å²) < 4.78 is 39.7. The van der Waals surface area contributed by atoms with Gasteiger partial charge in [-0.2, -0.15) is 13.5 Å². The smallest absolute Gasteiger partial charge is 0.279 e. The van der Waals surface area contributed by atoms with E-state index in [1.165, 1.54) is 24.4 Å². The number of anilines is 1. The summed E-state index contributed by atoms with van der Waals surface area (Å²) in [4.78, 5) is 0. The molecule has 0 amide bonds. The molecule has 2 rings (SSSR count). The number of sulfonamides is 1. The highest BCUT2D eigenvalue weighted by Gasteiger charge is 2.20. The molecule has 1 heterocycles. The molecule has 0 aliphatic heterocycles. The van der Waals surface area contributed by atoms with Gasteiger partial charge in [0.15, 0.2) is 5.03 Å². The number of aryl methyl sites for hydroxylation is 1. The van der Waals surface area contributed by atoms with Gasteiger partial charge in [0, 0.05) is 17.8 Å². The minimum absolute atomic E-state index is 0.0508. The van der Waals surface area contributed by atoms with Gasteiger partial charge in [-0.3, -0.25) is 9.82 Å². The number of H-pyrrole nitrogens is 1. The molecule has 0 aliphatic carbocycles. The molecule has 102 valence electrons. The van der Waals surface area contributed by atoms with Crippen LogP contribution in [0.15, 0.2) is 29.4 Å². The number of aromatic amines is 1. The van der Waals surface area contributed by atoms with Crippen molar-refractivity contribution in [3.8, 4) is 0 Å². The van der Waals surface area contributed by atoms with Gasteiger partial charge in [-0.25, -0.2) is 4.39 Å². The second-order valence-electron chi connectivity index (χ2n) is 4.00. The van der Waals surface area contributed by atoms with E-state index in [0.29, 0.717) is 11.1 Å². The average molecular weight is 284 g/mol. The van der Waals surface area contributed by atoms with Crippen molar-refractivity contribution in [1.29, 1.82) is 0 Å². The highest BCUT2D eigenvalue weighted by atomic mass is 32.2. The summed E-state index contributed by atoms with van der Waals surface area (Å²) in [5, 5.41) is 5.95. The van der Waals surface area contributed by atoms with Crippen molar-refractivity contribution in [2.75, 3.05) is 4.72 Å². The van der Waals surface area contributed by atoms with Crippen LogP contribution in [0.3, 0.4) is 0 Å². The van der Waals surface area contributed by atoms with E-state index < -0.39 is 15.8 Å². The molecule has 6 nitrogen and oxygen atoms in total. The van der Waals surface area contributed by atoms with E-state index in [0.717, 1.165) is 0 Å². The summed E-state index contributed by atoms with van der Waals surface area (Å²) >= 11 is 0. The molecule has 0 aliphatic rings. The van der Waals surface area contributed by atoms with Crippen LogP contribution < -0.4 is 10.5 Å². The third kappa shape index (κ3) is 2.74. The van der Waals surface area contributed by atoms with Crippen molar-refractivity contribution in [2.24, 2.45) is 5.73 Å². The normalized spacial score (nSPS) is 11.5. The van der Waals surface area contributed by atoms with Crippen LogP contribution in [0.25, 0.3) is 0 Å². The van der Waals surface area contributed by atoms with Crippen molar-refractivity contribution in [3.05, 3.63) is 41.3 Å². The fourth-order valence-corrected chi connectivity index (χ4v) is 2.79. The molecule has 4 N–H and O–H groups in total. The van der Waals surface area contributed by atoms with E-state index in [-0.39, 0.29) is 17.3 Å². The highest BCUT2D eigenvalue weighted by Crippen LogP contribution is 2.19. The van der Waals surface area contributed by atoms with Crippen LogP contribution in [-0.2, 0) is 16.6 Å². The standard InChI is InChI=1S/C11H13FN4O2S/c1-7-4-9(2-3-10(7)12)16-19(17,18)11-8(5-13)6-14-15-11/h2-4,6,16H,5,13H2,1H3,(H,14,15). The van der Waals surface area contributed by atoms with Crippen molar-refractivity contribution in [2.45, 2.75) is 18.5 Å². The lowest BCUT2D eigenvalue weighted by atomic mass is 10.2. The first kappa shape index (κ1) is 13.5. The summed E-state index contributed by atoms with van der Waals surface area (Å²) in [6.45, 7) is 1.60. The molecule has 0 saturated carbocycles. The van der Waals surface area contributed by atoms with E-state index in [1.807, 2.05) is 0 Å². The lowest BCUT2D eigenvalue weighted by Crippen LogP contribution is -2.16. The van der Waals surface area contributed by atoms with E-state index in [4.69, 9.17) is 5.73 Å². The van der Waals surface area contributed by atoms with Crippen LogP contribution in [0.4, 0.5) is 10.1 Å². The Bertz CT molecular complexity index is 696. The van der Waals surface area contributed by atoms with Gasteiger partial charge in [-0.15, -0.1) is 0 Å². The molecular weight excluding hydrogens is 271 g/mol. The lowest BCUT2D eigenvalue weighted by Gasteiger charge is -2.08. The second-order valence-corrected chi connectivity index (χ2v) is 5.62. The first-order valence-corrected chi connectivity index (χ1v) is 6.93. The highest BCUT2D eigenvalue weighted by molar-refractivity contribution is 7.92. The third-order valence-corrected chi connectivity index (χ3v) is 3.97. The molecular formula is C11H13FN4O2S. The SMILES string of the molecule is Cc1cc(NS(=O)(=O)c2[nH]ncc2CN)ccc1F. The average Bonchev–Trinajstić information content (AvgIpc) is 2.82. The lowest BCUT2D eigenvalue weighted by molar-refractivity contribution is 0.595. The predicted molar refractivity (Wildman–Crippen MR) is 68.4 cm³/mol. The quantitative estimate of drug-likeness (QED) is 0.783. The summed E-state index contributed by atoms with van der Waals surface area (Å²) in [6, 6.07) is 3.95. The van der Waals surface area contributed by atoms with Gasteiger partial charge < -0.3 is 5.73 Å². The zero-order valence-corrected chi connectivity index (χ0v) is 11.0. The molecule has 8 heteroatoms.